The molecule has 0 saturated heterocycles. The predicted molar refractivity (Wildman–Crippen MR) is 72.2 cm³/mol. The molecule has 0 spiro atoms. The minimum atomic E-state index is -1.14. The molecule has 10 heteroatoms. The normalized spacial score (nSPS) is 10.3. The van der Waals surface area contributed by atoms with Crippen LogP contribution in [-0.2, 0) is 17.9 Å². The van der Waals surface area contributed by atoms with Crippen molar-refractivity contribution in [3.8, 4) is 0 Å². The molecule has 0 bridgehead atoms. The molecule has 0 unspecified atom stereocenters. The summed E-state index contributed by atoms with van der Waals surface area (Å²) in [5.41, 5.74) is -1.30. The topological polar surface area (TPSA) is 134 Å². The van der Waals surface area contributed by atoms with Crippen molar-refractivity contribution in [3.63, 3.8) is 0 Å². The lowest BCUT2D eigenvalue weighted by atomic mass is 10.5. The van der Waals surface area contributed by atoms with Crippen LogP contribution in [0, 0.1) is 0 Å². The van der Waals surface area contributed by atoms with E-state index in [1.807, 2.05) is 4.98 Å². The minimum Gasteiger partial charge on any atom is -0.476 e. The second kappa shape index (κ2) is 6.13. The molecule has 0 fully saturated rings. The Hall–Kier alpha value is -2.75. The SMILES string of the molecule is O=C(Cn1ccc(=O)[nH]c1=O)NCc1nc(C(=O)O)cs1. The summed E-state index contributed by atoms with van der Waals surface area (Å²) in [5.74, 6) is -1.60. The maximum Gasteiger partial charge on any atom is 0.355 e. The first-order valence-electron chi connectivity index (χ1n) is 5.70. The van der Waals surface area contributed by atoms with E-state index in [-0.39, 0.29) is 18.8 Å². The third-order valence-corrected chi connectivity index (χ3v) is 3.27. The number of carbonyl (C=O) groups excluding carboxylic acids is 1. The number of amides is 1. The summed E-state index contributed by atoms with van der Waals surface area (Å²) >= 11 is 1.11. The van der Waals surface area contributed by atoms with Gasteiger partial charge in [0.1, 0.15) is 11.6 Å². The number of thiazole rings is 1. The van der Waals surface area contributed by atoms with Crippen LogP contribution < -0.4 is 16.6 Å². The van der Waals surface area contributed by atoms with Crippen LogP contribution in [0.4, 0.5) is 0 Å². The molecule has 0 saturated carbocycles. The number of carbonyl (C=O) groups is 2. The number of hydrogen-bond acceptors (Lipinski definition) is 6. The Labute approximate surface area is 120 Å². The maximum absolute atomic E-state index is 11.7. The van der Waals surface area contributed by atoms with E-state index < -0.39 is 23.1 Å². The Morgan fingerprint density at radius 3 is 2.81 bits per heavy atom. The van der Waals surface area contributed by atoms with Crippen LogP contribution in [0.15, 0.2) is 27.2 Å². The van der Waals surface area contributed by atoms with Gasteiger partial charge < -0.3 is 10.4 Å². The summed E-state index contributed by atoms with van der Waals surface area (Å²) in [6.07, 6.45) is 1.21. The maximum atomic E-state index is 11.7. The van der Waals surface area contributed by atoms with Crippen molar-refractivity contribution in [2.45, 2.75) is 13.1 Å². The summed E-state index contributed by atoms with van der Waals surface area (Å²) < 4.78 is 1.04. The Bertz CT molecular complexity index is 790. The van der Waals surface area contributed by atoms with E-state index in [2.05, 4.69) is 10.3 Å². The van der Waals surface area contributed by atoms with Crippen molar-refractivity contribution in [3.05, 3.63) is 49.2 Å². The fraction of sp³-hybridized carbons (Fsp3) is 0.182. The summed E-state index contributed by atoms with van der Waals surface area (Å²) in [7, 11) is 0. The number of carboxylic acids is 1. The van der Waals surface area contributed by atoms with Crippen LogP contribution >= 0.6 is 11.3 Å². The lowest BCUT2D eigenvalue weighted by Gasteiger charge is -2.05. The Morgan fingerprint density at radius 2 is 2.19 bits per heavy atom. The zero-order valence-corrected chi connectivity index (χ0v) is 11.3. The van der Waals surface area contributed by atoms with Crippen molar-refractivity contribution < 1.29 is 14.7 Å². The van der Waals surface area contributed by atoms with Gasteiger partial charge in [-0.05, 0) is 0 Å². The van der Waals surface area contributed by atoms with E-state index in [0.29, 0.717) is 5.01 Å². The Morgan fingerprint density at radius 1 is 1.43 bits per heavy atom. The van der Waals surface area contributed by atoms with E-state index in [4.69, 9.17) is 5.11 Å². The molecule has 0 aromatic carbocycles. The van der Waals surface area contributed by atoms with E-state index in [1.165, 1.54) is 11.6 Å². The molecule has 1 amide bonds. The minimum absolute atomic E-state index is 0.0644. The number of nitrogens with one attached hydrogen (secondary N) is 2. The second-order valence-corrected chi connectivity index (χ2v) is 4.89. The quantitative estimate of drug-likeness (QED) is 0.649. The van der Waals surface area contributed by atoms with Gasteiger partial charge in [-0.3, -0.25) is 19.1 Å². The van der Waals surface area contributed by atoms with Gasteiger partial charge in [0.25, 0.3) is 5.56 Å². The predicted octanol–water partition coefficient (Wildman–Crippen LogP) is -0.992. The molecule has 0 atom stereocenters. The molecule has 110 valence electrons. The zero-order valence-electron chi connectivity index (χ0n) is 10.5. The number of aromatic amines is 1. The number of carboxylic acid groups (broad SMARTS) is 1. The average molecular weight is 310 g/mol. The third-order valence-electron chi connectivity index (χ3n) is 2.42. The summed E-state index contributed by atoms with van der Waals surface area (Å²) in [4.78, 5) is 50.4. The number of H-pyrrole nitrogens is 1. The smallest absolute Gasteiger partial charge is 0.355 e. The van der Waals surface area contributed by atoms with E-state index >= 15 is 0 Å². The largest absolute Gasteiger partial charge is 0.476 e. The zero-order chi connectivity index (χ0) is 15.4. The summed E-state index contributed by atoms with van der Waals surface area (Å²) in [6, 6.07) is 1.13. The van der Waals surface area contributed by atoms with Gasteiger partial charge in [-0.2, -0.15) is 0 Å². The van der Waals surface area contributed by atoms with Crippen LogP contribution in [0.1, 0.15) is 15.5 Å². The van der Waals surface area contributed by atoms with Crippen LogP contribution in [0.3, 0.4) is 0 Å². The molecule has 0 aliphatic rings. The lowest BCUT2D eigenvalue weighted by Crippen LogP contribution is -2.35. The first-order valence-corrected chi connectivity index (χ1v) is 6.58. The van der Waals surface area contributed by atoms with Crippen molar-refractivity contribution in [1.82, 2.24) is 19.9 Å². The van der Waals surface area contributed by atoms with E-state index in [9.17, 15) is 19.2 Å². The van der Waals surface area contributed by atoms with Crippen LogP contribution in [0.25, 0.3) is 0 Å². The monoisotopic (exact) mass is 310 g/mol. The van der Waals surface area contributed by atoms with Gasteiger partial charge in [-0.1, -0.05) is 0 Å². The third kappa shape index (κ3) is 3.86. The van der Waals surface area contributed by atoms with Gasteiger partial charge in [0.2, 0.25) is 5.91 Å². The number of aromatic carboxylic acids is 1. The Kier molecular flexibility index (Phi) is 4.28. The highest BCUT2D eigenvalue weighted by Crippen LogP contribution is 2.09. The lowest BCUT2D eigenvalue weighted by molar-refractivity contribution is -0.121. The van der Waals surface area contributed by atoms with Crippen molar-refractivity contribution >= 4 is 23.2 Å². The molecule has 9 nitrogen and oxygen atoms in total. The van der Waals surface area contributed by atoms with Crippen LogP contribution in [0.2, 0.25) is 0 Å². The molecular formula is C11H10N4O5S. The van der Waals surface area contributed by atoms with Gasteiger partial charge in [0.05, 0.1) is 6.54 Å². The highest BCUT2D eigenvalue weighted by atomic mass is 32.1. The molecule has 3 N–H and O–H groups in total. The van der Waals surface area contributed by atoms with Gasteiger partial charge in [-0.25, -0.2) is 14.6 Å². The molecule has 0 aliphatic heterocycles. The van der Waals surface area contributed by atoms with Gasteiger partial charge in [0.15, 0.2) is 5.69 Å². The highest BCUT2D eigenvalue weighted by molar-refractivity contribution is 7.09. The van der Waals surface area contributed by atoms with Crippen LogP contribution in [0.5, 0.6) is 0 Å². The van der Waals surface area contributed by atoms with Gasteiger partial charge in [-0.15, -0.1) is 11.3 Å². The van der Waals surface area contributed by atoms with Crippen molar-refractivity contribution in [2.24, 2.45) is 0 Å². The number of rotatable bonds is 5. The molecule has 2 heterocycles. The molecule has 0 aliphatic carbocycles. The second-order valence-electron chi connectivity index (χ2n) is 3.95. The molecule has 2 aromatic rings. The number of nitrogens with zero attached hydrogens (tertiary/aromatic N) is 2. The first-order chi connectivity index (χ1) is 9.95. The number of aromatic nitrogens is 3. The fourth-order valence-electron chi connectivity index (χ4n) is 1.44. The molecule has 2 rings (SSSR count). The Balaban J connectivity index is 1.94. The highest BCUT2D eigenvalue weighted by Gasteiger charge is 2.10. The van der Waals surface area contributed by atoms with Crippen molar-refractivity contribution in [2.75, 3.05) is 0 Å². The average Bonchev–Trinajstić information content (AvgIpc) is 2.89. The number of hydrogen-bond donors (Lipinski definition) is 3. The van der Waals surface area contributed by atoms with Crippen molar-refractivity contribution in [1.29, 1.82) is 0 Å². The van der Waals surface area contributed by atoms with E-state index in [0.717, 1.165) is 22.0 Å². The molecule has 0 radical (unpaired) electrons. The van der Waals surface area contributed by atoms with Gasteiger partial charge >= 0.3 is 11.7 Å². The molecular weight excluding hydrogens is 300 g/mol. The van der Waals surface area contributed by atoms with Crippen LogP contribution in [-0.4, -0.2) is 31.5 Å². The fourth-order valence-corrected chi connectivity index (χ4v) is 2.15. The summed E-state index contributed by atoms with van der Waals surface area (Å²) in [5, 5.41) is 13.0. The van der Waals surface area contributed by atoms with E-state index in [1.54, 1.807) is 0 Å². The van der Waals surface area contributed by atoms with Gasteiger partial charge in [0, 0.05) is 17.6 Å². The molecule has 21 heavy (non-hydrogen) atoms. The molecule has 2 aromatic heterocycles. The first kappa shape index (κ1) is 14.7. The summed E-state index contributed by atoms with van der Waals surface area (Å²) in [6.45, 7) is -0.193. The standard InChI is InChI=1S/C11H10N4O5S/c16-7-1-2-15(11(20)14-7)4-8(17)12-3-9-13-6(5-21-9)10(18)19/h1-2,5H,3-4H2,(H,12,17)(H,18,19)(H,14,16,20).